The molecule has 1 aliphatic rings. The summed E-state index contributed by atoms with van der Waals surface area (Å²) in [6.45, 7) is 7.10. The number of nitrogens with two attached hydrogens (primary N) is 1. The van der Waals surface area contributed by atoms with Gasteiger partial charge in [-0.3, -0.25) is 4.90 Å². The van der Waals surface area contributed by atoms with Crippen molar-refractivity contribution >= 4 is 34.3 Å². The molecule has 0 unspecified atom stereocenters. The molecule has 12 nitrogen and oxygen atoms in total. The molecule has 0 saturated carbocycles. The molecule has 1 aliphatic heterocycles. The van der Waals surface area contributed by atoms with E-state index in [1.165, 1.54) is 19.9 Å². The van der Waals surface area contributed by atoms with Crippen molar-refractivity contribution in [2.45, 2.75) is 26.0 Å². The first-order valence-electron chi connectivity index (χ1n) is 12.9. The lowest BCUT2D eigenvalue weighted by molar-refractivity contribution is -0.152. The topological polar surface area (TPSA) is 140 Å². The lowest BCUT2D eigenvalue weighted by Crippen LogP contribution is -2.47. The van der Waals surface area contributed by atoms with Crippen LogP contribution in [0.4, 0.5) is 16.0 Å². The van der Waals surface area contributed by atoms with E-state index in [1.54, 1.807) is 35.3 Å². The summed E-state index contributed by atoms with van der Waals surface area (Å²) in [5, 5.41) is 13.8. The summed E-state index contributed by atoms with van der Waals surface area (Å²) >= 11 is 0. The minimum absolute atomic E-state index is 0.180. The van der Waals surface area contributed by atoms with Gasteiger partial charge in [-0.1, -0.05) is 0 Å². The molecule has 13 heteroatoms. The number of carboxylic acids is 1. The van der Waals surface area contributed by atoms with Crippen molar-refractivity contribution in [3.8, 4) is 17.2 Å². The number of hydrogen-bond acceptors (Lipinski definition) is 9. The molecule has 1 fully saturated rings. The van der Waals surface area contributed by atoms with Crippen molar-refractivity contribution in [2.75, 3.05) is 43.4 Å². The molecule has 0 spiro atoms. The van der Waals surface area contributed by atoms with Gasteiger partial charge in [-0.05, 0) is 44.2 Å². The first kappa shape index (κ1) is 25.6. The van der Waals surface area contributed by atoms with Crippen LogP contribution < -0.4 is 15.4 Å². The van der Waals surface area contributed by atoms with E-state index in [-0.39, 0.29) is 11.7 Å². The van der Waals surface area contributed by atoms with E-state index in [0.717, 1.165) is 25.2 Å². The second-order valence-electron chi connectivity index (χ2n) is 10.2. The Kier molecular flexibility index (Phi) is 6.29. The highest BCUT2D eigenvalue weighted by atomic mass is 19.1. The van der Waals surface area contributed by atoms with E-state index in [4.69, 9.17) is 14.9 Å². The molecule has 0 atom stereocenters. The number of rotatable bonds is 8. The molecular formula is C27H29FN8O4. The summed E-state index contributed by atoms with van der Waals surface area (Å²) in [5.41, 5.74) is 8.05. The smallest absolute Gasteiger partial charge is 0.347 e. The van der Waals surface area contributed by atoms with Crippen LogP contribution in [0, 0.1) is 5.82 Å². The maximum Gasteiger partial charge on any atom is 0.347 e. The normalized spacial score (nSPS) is 14.8. The minimum Gasteiger partial charge on any atom is -0.478 e. The molecule has 3 N–H and O–H groups in total. The number of furan rings is 1. The lowest BCUT2D eigenvalue weighted by atomic mass is 10.1. The lowest BCUT2D eigenvalue weighted by Gasteiger charge is -2.36. The zero-order valence-corrected chi connectivity index (χ0v) is 22.1. The summed E-state index contributed by atoms with van der Waals surface area (Å²) in [4.78, 5) is 24.7. The third-order valence-electron chi connectivity index (χ3n) is 7.15. The number of aromatic nitrogens is 5. The number of benzene rings is 1. The van der Waals surface area contributed by atoms with E-state index in [1.807, 2.05) is 21.6 Å². The summed E-state index contributed by atoms with van der Waals surface area (Å²) in [6, 6.07) is 10.0. The zero-order chi connectivity index (χ0) is 28.0. The molecule has 4 aromatic heterocycles. The predicted octanol–water partition coefficient (Wildman–Crippen LogP) is 3.12. The van der Waals surface area contributed by atoms with Crippen molar-refractivity contribution in [3.05, 3.63) is 54.8 Å². The third kappa shape index (κ3) is 4.68. The van der Waals surface area contributed by atoms with Crippen LogP contribution in [0.1, 0.15) is 13.8 Å². The van der Waals surface area contributed by atoms with Gasteiger partial charge in [-0.25, -0.2) is 14.2 Å². The summed E-state index contributed by atoms with van der Waals surface area (Å²) in [6.07, 6.45) is 3.36. The van der Waals surface area contributed by atoms with Gasteiger partial charge in [-0.15, -0.1) is 0 Å². The van der Waals surface area contributed by atoms with Crippen molar-refractivity contribution in [3.63, 3.8) is 0 Å². The highest BCUT2D eigenvalue weighted by Gasteiger charge is 2.30. The van der Waals surface area contributed by atoms with Gasteiger partial charge in [0.25, 0.3) is 0 Å². The van der Waals surface area contributed by atoms with Crippen LogP contribution in [-0.4, -0.2) is 78.4 Å². The van der Waals surface area contributed by atoms with Crippen LogP contribution in [-0.2, 0) is 11.3 Å². The number of hydrogen-bond donors (Lipinski definition) is 2. The Hall–Kier alpha value is -4.65. The molecule has 0 radical (unpaired) electrons. The summed E-state index contributed by atoms with van der Waals surface area (Å²) in [5.74, 6) is -0.478. The van der Waals surface area contributed by atoms with E-state index in [2.05, 4.69) is 20.0 Å². The van der Waals surface area contributed by atoms with E-state index in [0.29, 0.717) is 47.9 Å². The number of imidazole rings is 1. The number of halogens is 1. The molecule has 0 amide bonds. The van der Waals surface area contributed by atoms with E-state index >= 15 is 0 Å². The van der Waals surface area contributed by atoms with Crippen LogP contribution in [0.2, 0.25) is 0 Å². The van der Waals surface area contributed by atoms with Gasteiger partial charge in [0, 0.05) is 45.3 Å². The molecule has 5 heterocycles. The first-order chi connectivity index (χ1) is 19.2. The fourth-order valence-corrected chi connectivity index (χ4v) is 4.87. The third-order valence-corrected chi connectivity index (χ3v) is 7.15. The maximum absolute atomic E-state index is 14.9. The van der Waals surface area contributed by atoms with Crippen LogP contribution in [0.25, 0.3) is 28.1 Å². The van der Waals surface area contributed by atoms with E-state index in [9.17, 15) is 14.3 Å². The second-order valence-corrected chi connectivity index (χ2v) is 10.2. The minimum atomic E-state index is -1.45. The Bertz CT molecular complexity index is 1690. The summed E-state index contributed by atoms with van der Waals surface area (Å²) < 4.78 is 29.4. The Balaban J connectivity index is 1.10. The molecule has 5 aromatic rings. The summed E-state index contributed by atoms with van der Waals surface area (Å²) in [7, 11) is 0. The molecule has 0 bridgehead atoms. The fraction of sp³-hybridized carbons (Fsp3) is 0.333. The first-order valence-corrected chi connectivity index (χ1v) is 12.9. The number of fused-ring (bicyclic) bond motifs is 3. The molecule has 208 valence electrons. The molecule has 1 aromatic carbocycles. The van der Waals surface area contributed by atoms with Gasteiger partial charge < -0.3 is 29.5 Å². The van der Waals surface area contributed by atoms with Gasteiger partial charge >= 0.3 is 5.97 Å². The Morgan fingerprint density at radius 3 is 2.67 bits per heavy atom. The number of nitrogen functional groups attached to an aromatic ring is 1. The molecule has 1 saturated heterocycles. The predicted molar refractivity (Wildman–Crippen MR) is 146 cm³/mol. The van der Waals surface area contributed by atoms with Gasteiger partial charge in [0.2, 0.25) is 5.95 Å². The Labute approximate surface area is 228 Å². The van der Waals surface area contributed by atoms with Crippen LogP contribution in [0.15, 0.2) is 53.4 Å². The van der Waals surface area contributed by atoms with Crippen molar-refractivity contribution < 1.29 is 23.4 Å². The van der Waals surface area contributed by atoms with Gasteiger partial charge in [0.1, 0.15) is 28.3 Å². The fourth-order valence-electron chi connectivity index (χ4n) is 4.87. The quantitative estimate of drug-likeness (QED) is 0.297. The van der Waals surface area contributed by atoms with Gasteiger partial charge in [-0.2, -0.15) is 14.6 Å². The number of carbonyl (C=O) groups is 1. The van der Waals surface area contributed by atoms with E-state index < -0.39 is 17.4 Å². The molecule has 40 heavy (non-hydrogen) atoms. The second kappa shape index (κ2) is 9.83. The average Bonchev–Trinajstić information content (AvgIpc) is 3.68. The standard InChI is InChI=1S/C27H29FN8O4/c1-27(2,25(37)38)40-17-5-6-20(18(28)14-17)34-10-7-33(8-11-34)9-12-35-16-30-23-21-15-19(22-4-3-13-39-22)32-36(21)26(29)31-24(23)35/h3-6,13-16H,7-12H2,1-2H3,(H2,29,31)(H,37,38). The Morgan fingerprint density at radius 2 is 1.98 bits per heavy atom. The molecule has 6 rings (SSSR count). The van der Waals surface area contributed by atoms with Crippen LogP contribution in [0.5, 0.6) is 5.75 Å². The number of anilines is 2. The van der Waals surface area contributed by atoms with Crippen LogP contribution in [0.3, 0.4) is 0 Å². The number of nitrogens with zero attached hydrogens (tertiary/aromatic N) is 7. The number of carboxylic acid groups (broad SMARTS) is 1. The molecule has 0 aliphatic carbocycles. The number of piperazine rings is 1. The number of ether oxygens (including phenoxy) is 1. The average molecular weight is 549 g/mol. The van der Waals surface area contributed by atoms with Gasteiger partial charge in [0.05, 0.1) is 18.3 Å². The Morgan fingerprint density at radius 1 is 1.18 bits per heavy atom. The van der Waals surface area contributed by atoms with Crippen molar-refractivity contribution in [1.29, 1.82) is 0 Å². The van der Waals surface area contributed by atoms with Crippen LogP contribution >= 0.6 is 0 Å². The molecular weight excluding hydrogens is 519 g/mol. The largest absolute Gasteiger partial charge is 0.478 e. The number of aliphatic carboxylic acids is 1. The monoisotopic (exact) mass is 548 g/mol. The highest BCUT2D eigenvalue weighted by Crippen LogP contribution is 2.28. The zero-order valence-electron chi connectivity index (χ0n) is 22.1. The van der Waals surface area contributed by atoms with Gasteiger partial charge in [0.15, 0.2) is 17.0 Å². The highest BCUT2D eigenvalue weighted by molar-refractivity contribution is 5.90. The van der Waals surface area contributed by atoms with Crippen molar-refractivity contribution in [1.82, 2.24) is 29.0 Å². The SMILES string of the molecule is CC(C)(Oc1ccc(N2CCN(CCn3cnc4c3nc(N)n3nc(-c5ccco5)cc43)CC2)c(F)c1)C(=O)O. The maximum atomic E-state index is 14.9. The van der Waals surface area contributed by atoms with Crippen molar-refractivity contribution in [2.24, 2.45) is 0 Å².